The van der Waals surface area contributed by atoms with Gasteiger partial charge < -0.3 is 10.6 Å². The summed E-state index contributed by atoms with van der Waals surface area (Å²) in [6.07, 6.45) is 4.85. The lowest BCUT2D eigenvalue weighted by Crippen LogP contribution is -2.41. The van der Waals surface area contributed by atoms with E-state index >= 15 is 0 Å². The molecule has 0 aromatic heterocycles. The highest BCUT2D eigenvalue weighted by molar-refractivity contribution is 5.51. The number of anilines is 1. The number of likely N-dealkylation sites (tertiary alicyclic amines) is 1. The van der Waals surface area contributed by atoms with Crippen molar-refractivity contribution >= 4 is 5.69 Å². The second-order valence-corrected chi connectivity index (χ2v) is 6.06. The van der Waals surface area contributed by atoms with Gasteiger partial charge in [0, 0.05) is 31.2 Å². The molecule has 0 radical (unpaired) electrons. The smallest absolute Gasteiger partial charge is 0.182 e. The van der Waals surface area contributed by atoms with Gasteiger partial charge in [-0.25, -0.2) is 8.78 Å². The molecule has 3 nitrogen and oxygen atoms in total. The number of halogens is 2. The Kier molecular flexibility index (Phi) is 4.40. The van der Waals surface area contributed by atoms with E-state index in [1.165, 1.54) is 19.3 Å². The third kappa shape index (κ3) is 2.90. The highest BCUT2D eigenvalue weighted by Gasteiger charge is 2.30. The van der Waals surface area contributed by atoms with Crippen LogP contribution in [0.1, 0.15) is 31.2 Å². The summed E-state index contributed by atoms with van der Waals surface area (Å²) in [7, 11) is 0. The Morgan fingerprint density at radius 1 is 1.05 bits per heavy atom. The molecule has 21 heavy (non-hydrogen) atoms. The second kappa shape index (κ2) is 6.28. The van der Waals surface area contributed by atoms with Crippen molar-refractivity contribution in [1.29, 1.82) is 0 Å². The summed E-state index contributed by atoms with van der Waals surface area (Å²) in [5, 5.41) is 0. The molecular formula is C16H23F2N3. The summed E-state index contributed by atoms with van der Waals surface area (Å²) in [6, 6.07) is 3.74. The Labute approximate surface area is 124 Å². The monoisotopic (exact) mass is 295 g/mol. The maximum atomic E-state index is 14.2. The van der Waals surface area contributed by atoms with E-state index in [9.17, 15) is 8.78 Å². The number of hydrogen-bond acceptors (Lipinski definition) is 3. The highest BCUT2D eigenvalue weighted by Crippen LogP contribution is 2.29. The third-order valence-electron chi connectivity index (χ3n) is 4.77. The highest BCUT2D eigenvalue weighted by atomic mass is 19.2. The fraction of sp³-hybridized carbons (Fsp3) is 0.625. The van der Waals surface area contributed by atoms with Crippen LogP contribution in [0.3, 0.4) is 0 Å². The van der Waals surface area contributed by atoms with Gasteiger partial charge in [0.15, 0.2) is 11.6 Å². The van der Waals surface area contributed by atoms with Crippen molar-refractivity contribution in [2.24, 2.45) is 5.73 Å². The van der Waals surface area contributed by atoms with E-state index in [-0.39, 0.29) is 12.1 Å². The van der Waals surface area contributed by atoms with Gasteiger partial charge in [0.2, 0.25) is 0 Å². The van der Waals surface area contributed by atoms with Crippen molar-refractivity contribution in [2.75, 3.05) is 31.1 Å². The summed E-state index contributed by atoms with van der Waals surface area (Å²) in [4.78, 5) is 4.48. The van der Waals surface area contributed by atoms with Crippen LogP contribution in [0.15, 0.2) is 12.1 Å². The molecule has 0 spiro atoms. The zero-order chi connectivity index (χ0) is 14.8. The lowest BCUT2D eigenvalue weighted by molar-refractivity contribution is 0.174. The molecule has 2 N–H and O–H groups in total. The van der Waals surface area contributed by atoms with Crippen molar-refractivity contribution in [2.45, 2.75) is 38.3 Å². The molecule has 2 aliphatic heterocycles. The molecule has 3 rings (SSSR count). The van der Waals surface area contributed by atoms with Crippen LogP contribution >= 0.6 is 0 Å². The van der Waals surface area contributed by atoms with Crippen LogP contribution in [0.25, 0.3) is 0 Å². The normalized spacial score (nSPS) is 23.8. The average molecular weight is 295 g/mol. The Balaban J connectivity index is 1.72. The Bertz CT molecular complexity index is 501. The van der Waals surface area contributed by atoms with E-state index < -0.39 is 11.6 Å². The van der Waals surface area contributed by atoms with Crippen LogP contribution in [-0.4, -0.2) is 37.1 Å². The molecule has 5 heteroatoms. The minimum absolute atomic E-state index is 0.0272. The predicted molar refractivity (Wildman–Crippen MR) is 80.3 cm³/mol. The summed E-state index contributed by atoms with van der Waals surface area (Å²) < 4.78 is 28.1. The third-order valence-corrected chi connectivity index (χ3v) is 4.77. The molecule has 0 amide bonds. The van der Waals surface area contributed by atoms with Crippen molar-refractivity contribution in [3.05, 3.63) is 29.3 Å². The minimum atomic E-state index is -0.795. The Morgan fingerprint density at radius 3 is 2.52 bits per heavy atom. The van der Waals surface area contributed by atoms with Gasteiger partial charge in [-0.3, -0.25) is 4.90 Å². The molecule has 2 fully saturated rings. The van der Waals surface area contributed by atoms with Gasteiger partial charge in [-0.2, -0.15) is 0 Å². The molecular weight excluding hydrogens is 272 g/mol. The number of benzene rings is 1. The zero-order valence-corrected chi connectivity index (χ0v) is 12.3. The van der Waals surface area contributed by atoms with E-state index in [1.807, 2.05) is 4.90 Å². The zero-order valence-electron chi connectivity index (χ0n) is 12.3. The first-order chi connectivity index (χ1) is 10.2. The lowest BCUT2D eigenvalue weighted by Gasteiger charge is -2.32. The average Bonchev–Trinajstić information content (AvgIpc) is 3.00. The Hall–Kier alpha value is -1.20. The maximum absolute atomic E-state index is 14.2. The van der Waals surface area contributed by atoms with Gasteiger partial charge in [-0.15, -0.1) is 0 Å². The number of piperidine rings is 1. The largest absolute Gasteiger partial charge is 0.367 e. The van der Waals surface area contributed by atoms with Crippen molar-refractivity contribution in [3.63, 3.8) is 0 Å². The molecule has 0 saturated carbocycles. The molecule has 2 saturated heterocycles. The fourth-order valence-corrected chi connectivity index (χ4v) is 3.52. The molecule has 1 unspecified atom stereocenters. The number of nitrogens with two attached hydrogens (primary N) is 1. The van der Waals surface area contributed by atoms with Crippen molar-refractivity contribution < 1.29 is 8.78 Å². The van der Waals surface area contributed by atoms with Crippen molar-refractivity contribution in [3.8, 4) is 0 Å². The summed E-state index contributed by atoms with van der Waals surface area (Å²) in [5.74, 6) is -1.55. The topological polar surface area (TPSA) is 32.5 Å². The van der Waals surface area contributed by atoms with Gasteiger partial charge in [0.25, 0.3) is 0 Å². The van der Waals surface area contributed by atoms with Gasteiger partial charge in [-0.05, 0) is 38.4 Å². The van der Waals surface area contributed by atoms with E-state index in [0.29, 0.717) is 11.7 Å². The first kappa shape index (κ1) is 14.7. The van der Waals surface area contributed by atoms with Gasteiger partial charge in [0.05, 0.1) is 5.69 Å². The molecule has 1 aromatic carbocycles. The number of hydrogen-bond donors (Lipinski definition) is 1. The van der Waals surface area contributed by atoms with Crippen LogP contribution in [0, 0.1) is 11.6 Å². The maximum Gasteiger partial charge on any atom is 0.182 e. The number of nitrogens with zero attached hydrogens (tertiary/aromatic N) is 2. The van der Waals surface area contributed by atoms with Crippen LogP contribution in [0.4, 0.5) is 14.5 Å². The molecule has 2 heterocycles. The molecule has 2 aliphatic rings. The van der Waals surface area contributed by atoms with Gasteiger partial charge in [0.1, 0.15) is 0 Å². The Morgan fingerprint density at radius 2 is 1.81 bits per heavy atom. The van der Waals surface area contributed by atoms with E-state index in [2.05, 4.69) is 4.90 Å². The van der Waals surface area contributed by atoms with E-state index in [1.54, 1.807) is 12.1 Å². The molecule has 116 valence electrons. The minimum Gasteiger partial charge on any atom is -0.367 e. The first-order valence-electron chi connectivity index (χ1n) is 7.86. The predicted octanol–water partition coefficient (Wildman–Crippen LogP) is 2.49. The van der Waals surface area contributed by atoms with Crippen LogP contribution in [0.5, 0.6) is 0 Å². The second-order valence-electron chi connectivity index (χ2n) is 6.06. The van der Waals surface area contributed by atoms with Crippen LogP contribution < -0.4 is 10.6 Å². The van der Waals surface area contributed by atoms with E-state index in [4.69, 9.17) is 5.73 Å². The first-order valence-corrected chi connectivity index (χ1v) is 7.86. The summed E-state index contributed by atoms with van der Waals surface area (Å²) >= 11 is 0. The molecule has 0 bridgehead atoms. The molecule has 1 aromatic rings. The summed E-state index contributed by atoms with van der Waals surface area (Å²) in [5.41, 5.74) is 6.03. The van der Waals surface area contributed by atoms with Crippen molar-refractivity contribution in [1.82, 2.24) is 4.90 Å². The van der Waals surface area contributed by atoms with E-state index in [0.717, 1.165) is 32.6 Å². The fourth-order valence-electron chi connectivity index (χ4n) is 3.52. The SMILES string of the molecule is NCc1ccc(N2CCC(N3CCCCC3)C2)c(F)c1F. The van der Waals surface area contributed by atoms with Gasteiger partial charge in [-0.1, -0.05) is 12.5 Å². The number of rotatable bonds is 3. The molecule has 1 atom stereocenters. The van der Waals surface area contributed by atoms with Gasteiger partial charge >= 0.3 is 0 Å². The van der Waals surface area contributed by atoms with Crippen LogP contribution in [-0.2, 0) is 6.54 Å². The summed E-state index contributed by atoms with van der Waals surface area (Å²) in [6.45, 7) is 3.89. The lowest BCUT2D eigenvalue weighted by atomic mass is 10.1. The van der Waals surface area contributed by atoms with Crippen LogP contribution in [0.2, 0.25) is 0 Å². The standard InChI is InChI=1S/C16H23F2N3/c17-15-12(10-19)4-5-14(16(15)18)21-9-6-13(11-21)20-7-2-1-3-8-20/h4-5,13H,1-3,6-11,19H2. The molecule has 0 aliphatic carbocycles. The quantitative estimate of drug-likeness (QED) is 0.930.